The van der Waals surface area contributed by atoms with Crippen LogP contribution in [0.4, 0.5) is 17.6 Å². The second-order valence-corrected chi connectivity index (χ2v) is 9.59. The van der Waals surface area contributed by atoms with Crippen LogP contribution in [-0.4, -0.2) is 66.9 Å². The summed E-state index contributed by atoms with van der Waals surface area (Å²) in [7, 11) is 0. The molecule has 1 atom stereocenters. The molecule has 4 heterocycles. The molecular formula is C26H32Cl2N6O. The predicted octanol–water partition coefficient (Wildman–Crippen LogP) is 5.34. The minimum atomic E-state index is 0. The van der Waals surface area contributed by atoms with E-state index in [0.717, 1.165) is 72.2 Å². The largest absolute Gasteiger partial charge is 0.378 e. The van der Waals surface area contributed by atoms with Crippen LogP contribution >= 0.6 is 23.2 Å². The van der Waals surface area contributed by atoms with Crippen molar-refractivity contribution in [3.8, 4) is 11.3 Å². The number of benzene rings is 1. The molecule has 35 heavy (non-hydrogen) atoms. The van der Waals surface area contributed by atoms with E-state index in [1.165, 1.54) is 0 Å². The molecule has 0 saturated carbocycles. The van der Waals surface area contributed by atoms with E-state index in [2.05, 4.69) is 38.7 Å². The van der Waals surface area contributed by atoms with Gasteiger partial charge in [0.25, 0.3) is 0 Å². The molecule has 3 aromatic rings. The number of ether oxygens (including phenoxy) is 1. The zero-order chi connectivity index (χ0) is 23.7. The maximum atomic E-state index is 6.45. The molecule has 0 unspecified atom stereocenters. The van der Waals surface area contributed by atoms with Crippen LogP contribution < -0.4 is 14.7 Å². The topological polar surface area (TPSA) is 57.6 Å². The van der Waals surface area contributed by atoms with Crippen LogP contribution in [0.5, 0.6) is 0 Å². The highest BCUT2D eigenvalue weighted by Gasteiger charge is 2.28. The molecule has 2 aromatic heterocycles. The fraction of sp³-hybridized carbons (Fsp3) is 0.423. The molecule has 2 saturated heterocycles. The van der Waals surface area contributed by atoms with Gasteiger partial charge >= 0.3 is 0 Å². The van der Waals surface area contributed by atoms with Gasteiger partial charge in [-0.1, -0.05) is 42.8 Å². The van der Waals surface area contributed by atoms with Gasteiger partial charge in [-0.15, -0.1) is 0 Å². The number of rotatable bonds is 4. The van der Waals surface area contributed by atoms with E-state index in [1.807, 2.05) is 31.2 Å². The highest BCUT2D eigenvalue weighted by Crippen LogP contribution is 2.31. The lowest BCUT2D eigenvalue weighted by Crippen LogP contribution is -2.53. The van der Waals surface area contributed by atoms with Gasteiger partial charge in [0.1, 0.15) is 11.6 Å². The zero-order valence-corrected chi connectivity index (χ0v) is 20.9. The van der Waals surface area contributed by atoms with Gasteiger partial charge in [-0.25, -0.2) is 9.97 Å². The first kappa shape index (κ1) is 25.5. The van der Waals surface area contributed by atoms with E-state index >= 15 is 0 Å². The molecule has 5 rings (SSSR count). The molecule has 9 heteroatoms. The molecule has 1 aromatic carbocycles. The quantitative estimate of drug-likeness (QED) is 0.465. The van der Waals surface area contributed by atoms with E-state index in [1.54, 1.807) is 6.20 Å². The van der Waals surface area contributed by atoms with Crippen LogP contribution in [-0.2, 0) is 4.74 Å². The molecule has 7 nitrogen and oxygen atoms in total. The monoisotopic (exact) mass is 514 g/mol. The van der Waals surface area contributed by atoms with Gasteiger partial charge in [-0.05, 0) is 37.6 Å². The molecule has 2 aliphatic rings. The van der Waals surface area contributed by atoms with Crippen molar-refractivity contribution in [1.29, 1.82) is 0 Å². The Balaban J connectivity index is 0.00000289. The Hall–Kier alpha value is -2.61. The Morgan fingerprint density at radius 1 is 0.943 bits per heavy atom. The second-order valence-electron chi connectivity index (χ2n) is 8.77. The van der Waals surface area contributed by atoms with Crippen LogP contribution in [0.2, 0.25) is 10.0 Å². The number of aryl methyl sites for hydroxylation is 1. The van der Waals surface area contributed by atoms with Gasteiger partial charge in [0.2, 0.25) is 5.95 Å². The zero-order valence-electron chi connectivity index (χ0n) is 19.4. The van der Waals surface area contributed by atoms with Crippen molar-refractivity contribution in [2.45, 2.75) is 27.3 Å². The number of morpholine rings is 1. The van der Waals surface area contributed by atoms with E-state index in [0.29, 0.717) is 18.2 Å². The summed E-state index contributed by atoms with van der Waals surface area (Å²) < 4.78 is 5.54. The van der Waals surface area contributed by atoms with Crippen molar-refractivity contribution in [2.24, 2.45) is 0 Å². The lowest BCUT2D eigenvalue weighted by molar-refractivity contribution is 0.122. The molecule has 0 amide bonds. The average molecular weight is 515 g/mol. The van der Waals surface area contributed by atoms with Gasteiger partial charge in [0, 0.05) is 61.6 Å². The molecule has 186 valence electrons. The highest BCUT2D eigenvalue weighted by atomic mass is 35.5. The first-order chi connectivity index (χ1) is 16.5. The lowest BCUT2D eigenvalue weighted by Gasteiger charge is -2.41. The summed E-state index contributed by atoms with van der Waals surface area (Å²) in [5.74, 6) is 2.49. The number of pyridine rings is 1. The Labute approximate surface area is 217 Å². The van der Waals surface area contributed by atoms with Gasteiger partial charge in [-0.2, -0.15) is 4.98 Å². The standard InChI is InChI=1S/C25H28Cl2N6O.CH4/c1-17-5-6-19(14-21(17)27)22-15-23(30-25(29-22)31-10-12-34-13-11-31)33-9-8-32(16-18(33)2)24-20(26)4-3-7-28-24;/h3-7,14-15,18H,8-13,16H2,1-2H3;1H4/t18-;/m1./s1. The SMILES string of the molecule is C.Cc1ccc(-c2cc(N3CCN(c4ncccc4Cl)C[C@H]3C)nc(N3CCOCC3)n2)cc1Cl. The molecule has 0 bridgehead atoms. The number of aromatic nitrogens is 3. The average Bonchev–Trinajstić information content (AvgIpc) is 2.86. The molecule has 2 aliphatic heterocycles. The van der Waals surface area contributed by atoms with Gasteiger partial charge in [0.05, 0.1) is 23.9 Å². The third-order valence-electron chi connectivity index (χ3n) is 6.42. The van der Waals surface area contributed by atoms with Crippen molar-refractivity contribution in [3.05, 3.63) is 58.2 Å². The van der Waals surface area contributed by atoms with E-state index in [4.69, 9.17) is 37.9 Å². The predicted molar refractivity (Wildman–Crippen MR) is 145 cm³/mol. The smallest absolute Gasteiger partial charge is 0.228 e. The second kappa shape index (κ2) is 11.0. The first-order valence-corrected chi connectivity index (χ1v) is 12.4. The molecule has 2 fully saturated rings. The van der Waals surface area contributed by atoms with Crippen LogP contribution in [0.3, 0.4) is 0 Å². The minimum Gasteiger partial charge on any atom is -0.378 e. The fourth-order valence-corrected chi connectivity index (χ4v) is 4.90. The normalized spacial score (nSPS) is 18.4. The van der Waals surface area contributed by atoms with E-state index < -0.39 is 0 Å². The third kappa shape index (κ3) is 5.47. The summed E-state index contributed by atoms with van der Waals surface area (Å²) >= 11 is 12.9. The molecular weight excluding hydrogens is 483 g/mol. The van der Waals surface area contributed by atoms with Crippen LogP contribution in [0, 0.1) is 6.92 Å². The van der Waals surface area contributed by atoms with Crippen molar-refractivity contribution in [3.63, 3.8) is 0 Å². The van der Waals surface area contributed by atoms with E-state index in [9.17, 15) is 0 Å². The highest BCUT2D eigenvalue weighted by molar-refractivity contribution is 6.33. The number of hydrogen-bond acceptors (Lipinski definition) is 7. The lowest BCUT2D eigenvalue weighted by atomic mass is 10.1. The number of anilines is 3. The van der Waals surface area contributed by atoms with Gasteiger partial charge in [0.15, 0.2) is 0 Å². The summed E-state index contributed by atoms with van der Waals surface area (Å²) in [5, 5.41) is 1.41. The number of piperazine rings is 1. The number of hydrogen-bond donors (Lipinski definition) is 0. The van der Waals surface area contributed by atoms with Crippen molar-refractivity contribution >= 4 is 40.8 Å². The third-order valence-corrected chi connectivity index (χ3v) is 7.12. The van der Waals surface area contributed by atoms with E-state index in [-0.39, 0.29) is 13.5 Å². The number of halogens is 2. The van der Waals surface area contributed by atoms with Crippen molar-refractivity contribution in [1.82, 2.24) is 15.0 Å². The van der Waals surface area contributed by atoms with Crippen LogP contribution in [0.25, 0.3) is 11.3 Å². The summed E-state index contributed by atoms with van der Waals surface area (Å²) in [6, 6.07) is 12.1. The molecule has 0 aliphatic carbocycles. The summed E-state index contributed by atoms with van der Waals surface area (Å²) in [5.41, 5.74) is 2.90. The van der Waals surface area contributed by atoms with Gasteiger partial charge in [-0.3, -0.25) is 0 Å². The maximum Gasteiger partial charge on any atom is 0.228 e. The summed E-state index contributed by atoms with van der Waals surface area (Å²) in [6.07, 6.45) is 1.79. The Morgan fingerprint density at radius 3 is 2.46 bits per heavy atom. The van der Waals surface area contributed by atoms with Crippen molar-refractivity contribution in [2.75, 3.05) is 60.6 Å². The molecule has 0 radical (unpaired) electrons. The van der Waals surface area contributed by atoms with Gasteiger partial charge < -0.3 is 19.4 Å². The Kier molecular flexibility index (Phi) is 7.99. The molecule has 0 spiro atoms. The first-order valence-electron chi connectivity index (χ1n) is 11.6. The van der Waals surface area contributed by atoms with Crippen molar-refractivity contribution < 1.29 is 4.74 Å². The summed E-state index contributed by atoms with van der Waals surface area (Å²) in [4.78, 5) is 21.2. The Bertz CT molecular complexity index is 1170. The van der Waals surface area contributed by atoms with Crippen LogP contribution in [0.15, 0.2) is 42.6 Å². The number of nitrogens with zero attached hydrogens (tertiary/aromatic N) is 6. The summed E-state index contributed by atoms with van der Waals surface area (Å²) in [6.45, 7) is 9.55. The fourth-order valence-electron chi connectivity index (χ4n) is 4.47. The van der Waals surface area contributed by atoms with Crippen LogP contribution in [0.1, 0.15) is 19.9 Å². The Morgan fingerprint density at radius 2 is 1.74 bits per heavy atom. The maximum absolute atomic E-state index is 6.45. The molecule has 0 N–H and O–H groups in total. The minimum absolute atomic E-state index is 0.